The third kappa shape index (κ3) is 3.67. The van der Waals surface area contributed by atoms with Crippen molar-refractivity contribution in [2.75, 3.05) is 12.4 Å². The lowest BCUT2D eigenvalue weighted by Crippen LogP contribution is -2.30. The van der Waals surface area contributed by atoms with Gasteiger partial charge in [-0.2, -0.15) is 0 Å². The van der Waals surface area contributed by atoms with Gasteiger partial charge in [-0.3, -0.25) is 24.3 Å². The van der Waals surface area contributed by atoms with Crippen molar-refractivity contribution in [3.05, 3.63) is 38.9 Å². The molecule has 0 unspecified atom stereocenters. The number of nitrogens with zero attached hydrogens (tertiary/aromatic N) is 3. The van der Waals surface area contributed by atoms with Crippen LogP contribution in [0.3, 0.4) is 0 Å². The number of nitro groups is 1. The van der Waals surface area contributed by atoms with Crippen molar-refractivity contribution in [2.24, 2.45) is 0 Å². The summed E-state index contributed by atoms with van der Waals surface area (Å²) in [6.45, 7) is 4.83. The number of anilines is 1. The van der Waals surface area contributed by atoms with Crippen LogP contribution in [0.4, 0.5) is 11.4 Å². The van der Waals surface area contributed by atoms with Crippen LogP contribution in [0, 0.1) is 10.1 Å². The van der Waals surface area contributed by atoms with Gasteiger partial charge < -0.3 is 10.1 Å². The molecule has 128 valence electrons. The molecule has 0 aliphatic rings. The Morgan fingerprint density at radius 1 is 1.42 bits per heavy atom. The number of carbonyl (C=O) groups excluding carboxylic acids is 1. The molecular weight excluding hydrogens is 316 g/mol. The summed E-state index contributed by atoms with van der Waals surface area (Å²) in [6.07, 6.45) is 1.22. The van der Waals surface area contributed by atoms with Gasteiger partial charge in [-0.25, -0.2) is 4.98 Å². The average molecular weight is 334 g/mol. The maximum absolute atomic E-state index is 12.5. The van der Waals surface area contributed by atoms with Gasteiger partial charge in [0.2, 0.25) is 0 Å². The van der Waals surface area contributed by atoms with E-state index in [2.05, 4.69) is 10.3 Å². The number of ether oxygens (including phenoxy) is 1. The molecule has 2 rings (SSSR count). The predicted molar refractivity (Wildman–Crippen MR) is 88.0 cm³/mol. The largest absolute Gasteiger partial charge is 0.459 e. The maximum Gasteiger partial charge on any atom is 0.326 e. The summed E-state index contributed by atoms with van der Waals surface area (Å²) in [5.74, 6) is -0.591. The van der Waals surface area contributed by atoms with Gasteiger partial charge in [-0.15, -0.1) is 0 Å². The number of esters is 1. The zero-order chi connectivity index (χ0) is 18.1. The Morgan fingerprint density at radius 2 is 2.08 bits per heavy atom. The molecule has 9 heteroatoms. The second-order valence-electron chi connectivity index (χ2n) is 6.16. The van der Waals surface area contributed by atoms with Crippen molar-refractivity contribution in [1.29, 1.82) is 0 Å². The number of rotatable bonds is 4. The van der Waals surface area contributed by atoms with E-state index in [9.17, 15) is 19.7 Å². The minimum absolute atomic E-state index is 0.0618. The Hall–Kier alpha value is -2.97. The SMILES string of the molecule is CNc1cc2ncn(CC(=O)OC(C)(C)C)c(=O)c2cc1[N+](=O)[O-]. The Labute approximate surface area is 137 Å². The smallest absolute Gasteiger partial charge is 0.326 e. The molecule has 0 fully saturated rings. The van der Waals surface area contributed by atoms with E-state index in [0.717, 1.165) is 10.6 Å². The van der Waals surface area contributed by atoms with E-state index in [1.165, 1.54) is 19.4 Å². The summed E-state index contributed by atoms with van der Waals surface area (Å²) < 4.78 is 6.23. The quantitative estimate of drug-likeness (QED) is 0.513. The van der Waals surface area contributed by atoms with Crippen LogP contribution in [-0.2, 0) is 16.1 Å². The summed E-state index contributed by atoms with van der Waals surface area (Å²) in [4.78, 5) is 39.0. The van der Waals surface area contributed by atoms with E-state index >= 15 is 0 Å². The standard InChI is InChI=1S/C15H18N4O5/c1-15(2,3)24-13(20)7-18-8-17-10-6-11(16-4)12(19(22)23)5-9(10)14(18)21/h5-6,8,16H,7H2,1-4H3. The zero-order valence-corrected chi connectivity index (χ0v) is 13.8. The fraction of sp³-hybridized carbons (Fsp3) is 0.400. The second kappa shape index (κ2) is 6.26. The van der Waals surface area contributed by atoms with Crippen LogP contribution in [0.15, 0.2) is 23.3 Å². The first kappa shape index (κ1) is 17.4. The molecule has 0 bridgehead atoms. The Bertz CT molecular complexity index is 867. The molecule has 0 amide bonds. The van der Waals surface area contributed by atoms with Crippen LogP contribution < -0.4 is 10.9 Å². The Morgan fingerprint density at radius 3 is 2.62 bits per heavy atom. The first-order chi connectivity index (χ1) is 11.1. The highest BCUT2D eigenvalue weighted by Crippen LogP contribution is 2.27. The molecule has 1 N–H and O–H groups in total. The monoisotopic (exact) mass is 334 g/mol. The number of carbonyl (C=O) groups is 1. The van der Waals surface area contributed by atoms with Crippen LogP contribution in [0.2, 0.25) is 0 Å². The van der Waals surface area contributed by atoms with E-state index in [1.807, 2.05) is 0 Å². The van der Waals surface area contributed by atoms with Crippen molar-refractivity contribution in [3.63, 3.8) is 0 Å². The van der Waals surface area contributed by atoms with E-state index < -0.39 is 22.1 Å². The van der Waals surface area contributed by atoms with Crippen LogP contribution in [-0.4, -0.2) is 33.1 Å². The molecule has 9 nitrogen and oxygen atoms in total. The highest BCUT2D eigenvalue weighted by Gasteiger charge is 2.20. The molecule has 0 saturated carbocycles. The van der Waals surface area contributed by atoms with Gasteiger partial charge in [0.15, 0.2) is 0 Å². The van der Waals surface area contributed by atoms with Crippen molar-refractivity contribution in [2.45, 2.75) is 32.9 Å². The van der Waals surface area contributed by atoms with Gasteiger partial charge in [-0.1, -0.05) is 0 Å². The Kier molecular flexibility index (Phi) is 4.54. The van der Waals surface area contributed by atoms with Gasteiger partial charge in [0.1, 0.15) is 17.8 Å². The molecule has 0 aliphatic heterocycles. The summed E-state index contributed by atoms with van der Waals surface area (Å²) >= 11 is 0. The number of fused-ring (bicyclic) bond motifs is 1. The molecule has 1 aromatic carbocycles. The zero-order valence-electron chi connectivity index (χ0n) is 13.8. The van der Waals surface area contributed by atoms with Gasteiger partial charge in [0.25, 0.3) is 11.2 Å². The molecule has 0 aliphatic carbocycles. The molecule has 0 saturated heterocycles. The van der Waals surface area contributed by atoms with E-state index in [0.29, 0.717) is 5.52 Å². The summed E-state index contributed by atoms with van der Waals surface area (Å²) in [7, 11) is 1.54. The third-order valence-electron chi connectivity index (χ3n) is 3.13. The average Bonchev–Trinajstić information content (AvgIpc) is 2.47. The van der Waals surface area contributed by atoms with Gasteiger partial charge in [0.05, 0.1) is 22.2 Å². The van der Waals surface area contributed by atoms with Crippen molar-refractivity contribution >= 4 is 28.2 Å². The normalized spacial score (nSPS) is 11.3. The van der Waals surface area contributed by atoms with Gasteiger partial charge in [0, 0.05) is 13.1 Å². The molecule has 0 spiro atoms. The molecule has 2 aromatic rings. The molecule has 0 atom stereocenters. The first-order valence-corrected chi connectivity index (χ1v) is 7.19. The highest BCUT2D eigenvalue weighted by atomic mass is 16.6. The number of nitrogens with one attached hydrogen (secondary N) is 1. The fourth-order valence-electron chi connectivity index (χ4n) is 2.17. The Balaban J connectivity index is 2.48. The minimum atomic E-state index is -0.675. The van der Waals surface area contributed by atoms with Crippen LogP contribution in [0.25, 0.3) is 10.9 Å². The highest BCUT2D eigenvalue weighted by molar-refractivity contribution is 5.86. The predicted octanol–water partition coefficient (Wildman–Crippen LogP) is 1.69. The number of aromatic nitrogens is 2. The number of benzene rings is 1. The molecule has 1 aromatic heterocycles. The van der Waals surface area contributed by atoms with Crippen LogP contribution >= 0.6 is 0 Å². The van der Waals surface area contributed by atoms with Crippen molar-refractivity contribution in [1.82, 2.24) is 9.55 Å². The summed E-state index contributed by atoms with van der Waals surface area (Å²) in [6, 6.07) is 2.58. The first-order valence-electron chi connectivity index (χ1n) is 7.19. The number of nitro benzene ring substituents is 1. The lowest BCUT2D eigenvalue weighted by Gasteiger charge is -2.19. The van der Waals surface area contributed by atoms with Crippen LogP contribution in [0.5, 0.6) is 0 Å². The summed E-state index contributed by atoms with van der Waals surface area (Å²) in [5.41, 5.74) is -0.902. The fourth-order valence-corrected chi connectivity index (χ4v) is 2.17. The van der Waals surface area contributed by atoms with E-state index in [-0.39, 0.29) is 23.3 Å². The molecule has 24 heavy (non-hydrogen) atoms. The number of hydrogen-bond acceptors (Lipinski definition) is 7. The van der Waals surface area contributed by atoms with E-state index in [4.69, 9.17) is 4.74 Å². The maximum atomic E-state index is 12.5. The summed E-state index contributed by atoms with van der Waals surface area (Å²) in [5, 5.41) is 13.9. The minimum Gasteiger partial charge on any atom is -0.459 e. The van der Waals surface area contributed by atoms with E-state index in [1.54, 1.807) is 20.8 Å². The molecule has 0 radical (unpaired) electrons. The van der Waals surface area contributed by atoms with Crippen LogP contribution in [0.1, 0.15) is 20.8 Å². The van der Waals surface area contributed by atoms with Gasteiger partial charge in [-0.05, 0) is 26.8 Å². The second-order valence-corrected chi connectivity index (χ2v) is 6.16. The lowest BCUT2D eigenvalue weighted by molar-refractivity contribution is -0.383. The van der Waals surface area contributed by atoms with Crippen molar-refractivity contribution in [3.8, 4) is 0 Å². The van der Waals surface area contributed by atoms with Gasteiger partial charge >= 0.3 is 5.97 Å². The number of hydrogen-bond donors (Lipinski definition) is 1. The molecule has 1 heterocycles. The topological polar surface area (TPSA) is 116 Å². The lowest BCUT2D eigenvalue weighted by atomic mass is 10.2. The molecular formula is C15H18N4O5. The third-order valence-corrected chi connectivity index (χ3v) is 3.13. The van der Waals surface area contributed by atoms with Crippen molar-refractivity contribution < 1.29 is 14.5 Å².